The zero-order valence-corrected chi connectivity index (χ0v) is 13.8. The monoisotopic (exact) mass is 332 g/mol. The molecule has 24 heavy (non-hydrogen) atoms. The van der Waals surface area contributed by atoms with Crippen LogP contribution in [0.5, 0.6) is 5.75 Å². The molecule has 6 nitrogen and oxygen atoms in total. The van der Waals surface area contributed by atoms with Crippen LogP contribution >= 0.6 is 0 Å². The maximum atomic E-state index is 12.4. The highest BCUT2D eigenvalue weighted by Crippen LogP contribution is 2.28. The number of carboxylic acids is 1. The number of carbonyl (C=O) groups excluding carboxylic acids is 1. The number of carboxylic acid groups (broad SMARTS) is 1. The number of nitrogens with zero attached hydrogens (tertiary/aromatic N) is 2. The van der Waals surface area contributed by atoms with Gasteiger partial charge in [0, 0.05) is 38.6 Å². The summed E-state index contributed by atoms with van der Waals surface area (Å²) in [6, 6.07) is 4.72. The van der Waals surface area contributed by atoms with Gasteiger partial charge in [-0.25, -0.2) is 4.79 Å². The Morgan fingerprint density at radius 2 is 1.88 bits per heavy atom. The lowest BCUT2D eigenvalue weighted by Gasteiger charge is -2.31. The van der Waals surface area contributed by atoms with Crippen LogP contribution in [-0.4, -0.2) is 58.1 Å². The normalized spacial score (nSPS) is 19.6. The average Bonchev–Trinajstić information content (AvgIpc) is 2.73. The summed E-state index contributed by atoms with van der Waals surface area (Å²) >= 11 is 0. The Kier molecular flexibility index (Phi) is 5.04. The third kappa shape index (κ3) is 3.70. The van der Waals surface area contributed by atoms with Crippen LogP contribution < -0.4 is 0 Å². The van der Waals surface area contributed by atoms with Crippen molar-refractivity contribution in [1.29, 1.82) is 0 Å². The van der Waals surface area contributed by atoms with Gasteiger partial charge < -0.3 is 15.1 Å². The van der Waals surface area contributed by atoms with Crippen LogP contribution in [0.2, 0.25) is 0 Å². The van der Waals surface area contributed by atoms with Crippen molar-refractivity contribution in [1.82, 2.24) is 9.80 Å². The molecule has 1 aromatic rings. The van der Waals surface area contributed by atoms with Gasteiger partial charge >= 0.3 is 5.97 Å². The van der Waals surface area contributed by atoms with Crippen LogP contribution in [0.1, 0.15) is 41.6 Å². The Bertz CT molecular complexity index is 627. The summed E-state index contributed by atoms with van der Waals surface area (Å²) in [4.78, 5) is 27.7. The Morgan fingerprint density at radius 1 is 1.08 bits per heavy atom. The third-order valence-electron chi connectivity index (χ3n) is 5.05. The van der Waals surface area contributed by atoms with Crippen LogP contribution in [0.25, 0.3) is 0 Å². The fourth-order valence-electron chi connectivity index (χ4n) is 3.37. The lowest BCUT2D eigenvalue weighted by Crippen LogP contribution is -2.41. The van der Waals surface area contributed by atoms with Crippen molar-refractivity contribution in [3.63, 3.8) is 0 Å². The van der Waals surface area contributed by atoms with E-state index >= 15 is 0 Å². The second-order valence-electron chi connectivity index (χ2n) is 6.74. The van der Waals surface area contributed by atoms with Gasteiger partial charge in [0.2, 0.25) is 5.91 Å². The molecule has 1 aliphatic heterocycles. The average molecular weight is 332 g/mol. The Hall–Kier alpha value is -2.08. The number of aromatic hydroxyl groups is 1. The van der Waals surface area contributed by atoms with E-state index in [2.05, 4.69) is 4.90 Å². The van der Waals surface area contributed by atoms with Crippen LogP contribution in [0.15, 0.2) is 18.2 Å². The van der Waals surface area contributed by atoms with Crippen LogP contribution in [0.3, 0.4) is 0 Å². The molecule has 1 heterocycles. The smallest absolute Gasteiger partial charge is 0.339 e. The zero-order valence-electron chi connectivity index (χ0n) is 13.8. The summed E-state index contributed by atoms with van der Waals surface area (Å²) in [6.07, 6.45) is 4.17. The van der Waals surface area contributed by atoms with E-state index in [1.165, 1.54) is 18.6 Å². The molecule has 130 valence electrons. The Morgan fingerprint density at radius 3 is 2.54 bits per heavy atom. The highest BCUT2D eigenvalue weighted by molar-refractivity contribution is 5.90. The Balaban J connectivity index is 1.59. The molecule has 6 heteroatoms. The van der Waals surface area contributed by atoms with Gasteiger partial charge in [0.1, 0.15) is 11.3 Å². The first-order valence-corrected chi connectivity index (χ1v) is 8.61. The molecule has 1 aromatic carbocycles. The molecule has 2 fully saturated rings. The largest absolute Gasteiger partial charge is 0.507 e. The number of hydrogen-bond acceptors (Lipinski definition) is 4. The molecule has 0 atom stereocenters. The summed E-state index contributed by atoms with van der Waals surface area (Å²) in [5.41, 5.74) is 0.799. The van der Waals surface area contributed by atoms with Gasteiger partial charge in [0.15, 0.2) is 0 Å². The van der Waals surface area contributed by atoms with Crippen LogP contribution in [0, 0.1) is 5.92 Å². The molecule has 0 spiro atoms. The van der Waals surface area contributed by atoms with Crippen molar-refractivity contribution in [3.05, 3.63) is 29.3 Å². The lowest BCUT2D eigenvalue weighted by molar-refractivity contribution is -0.138. The predicted molar refractivity (Wildman–Crippen MR) is 88.9 cm³/mol. The fraction of sp³-hybridized carbons (Fsp3) is 0.556. The molecule has 0 unspecified atom stereocenters. The quantitative estimate of drug-likeness (QED) is 0.880. The topological polar surface area (TPSA) is 81.1 Å². The van der Waals surface area contributed by atoms with Crippen molar-refractivity contribution < 1.29 is 19.8 Å². The first-order chi connectivity index (χ1) is 11.5. The van der Waals surface area contributed by atoms with Crippen LogP contribution in [-0.2, 0) is 11.3 Å². The number of phenols is 1. The van der Waals surface area contributed by atoms with Crippen molar-refractivity contribution in [2.24, 2.45) is 5.92 Å². The predicted octanol–water partition coefficient (Wildman–Crippen LogP) is 1.92. The minimum Gasteiger partial charge on any atom is -0.507 e. The van der Waals surface area contributed by atoms with Crippen molar-refractivity contribution in [3.8, 4) is 5.75 Å². The number of amides is 1. The number of aromatic carboxylic acids is 1. The zero-order chi connectivity index (χ0) is 17.1. The van der Waals surface area contributed by atoms with E-state index < -0.39 is 5.97 Å². The Labute approximate surface area is 141 Å². The minimum atomic E-state index is -1.12. The van der Waals surface area contributed by atoms with E-state index in [1.54, 1.807) is 6.07 Å². The third-order valence-corrected chi connectivity index (χ3v) is 5.05. The van der Waals surface area contributed by atoms with E-state index in [-0.39, 0.29) is 17.2 Å². The van der Waals surface area contributed by atoms with Gasteiger partial charge in [0.25, 0.3) is 0 Å². The maximum Gasteiger partial charge on any atom is 0.339 e. The SMILES string of the molecule is O=C(O)c1cc(CN2CCCN(C(=O)C3CCC3)CC2)ccc1O. The summed E-state index contributed by atoms with van der Waals surface area (Å²) in [5.74, 6) is -0.783. The molecule has 0 aromatic heterocycles. The summed E-state index contributed by atoms with van der Waals surface area (Å²) in [5, 5.41) is 18.7. The first-order valence-electron chi connectivity index (χ1n) is 8.61. The van der Waals surface area contributed by atoms with E-state index in [4.69, 9.17) is 5.11 Å². The molecule has 1 aliphatic carbocycles. The van der Waals surface area contributed by atoms with Gasteiger partial charge in [-0.15, -0.1) is 0 Å². The summed E-state index contributed by atoms with van der Waals surface area (Å²) in [7, 11) is 0. The van der Waals surface area contributed by atoms with Gasteiger partial charge in [-0.2, -0.15) is 0 Å². The van der Waals surface area contributed by atoms with E-state index in [0.29, 0.717) is 12.5 Å². The van der Waals surface area contributed by atoms with Crippen molar-refractivity contribution in [2.75, 3.05) is 26.2 Å². The standard InChI is InChI=1S/C18H24N2O4/c21-16-6-5-13(11-15(16)18(23)24)12-19-7-2-8-20(10-9-19)17(22)14-3-1-4-14/h5-6,11,14,21H,1-4,7-10,12H2,(H,23,24). The number of carbonyl (C=O) groups is 2. The fourth-order valence-corrected chi connectivity index (χ4v) is 3.37. The van der Waals surface area contributed by atoms with Crippen molar-refractivity contribution >= 4 is 11.9 Å². The second-order valence-corrected chi connectivity index (χ2v) is 6.74. The molecule has 3 rings (SSSR count). The molecular formula is C18H24N2O4. The molecular weight excluding hydrogens is 308 g/mol. The van der Waals surface area contributed by atoms with E-state index in [1.807, 2.05) is 4.90 Å². The first kappa shape index (κ1) is 16.8. The minimum absolute atomic E-state index is 0.0656. The molecule has 2 N–H and O–H groups in total. The van der Waals surface area contributed by atoms with Gasteiger partial charge in [0.05, 0.1) is 0 Å². The number of hydrogen-bond donors (Lipinski definition) is 2. The molecule has 2 aliphatic rings. The maximum absolute atomic E-state index is 12.4. The molecule has 1 amide bonds. The molecule has 0 bridgehead atoms. The van der Waals surface area contributed by atoms with E-state index in [0.717, 1.165) is 51.0 Å². The lowest BCUT2D eigenvalue weighted by atomic mass is 9.84. The molecule has 0 radical (unpaired) electrons. The highest BCUT2D eigenvalue weighted by Gasteiger charge is 2.30. The highest BCUT2D eigenvalue weighted by atomic mass is 16.4. The second kappa shape index (κ2) is 7.21. The van der Waals surface area contributed by atoms with Gasteiger partial charge in [-0.1, -0.05) is 12.5 Å². The van der Waals surface area contributed by atoms with E-state index in [9.17, 15) is 14.7 Å². The summed E-state index contributed by atoms with van der Waals surface area (Å²) in [6.45, 7) is 3.85. The number of rotatable bonds is 4. The molecule has 1 saturated carbocycles. The van der Waals surface area contributed by atoms with Gasteiger partial charge in [-0.3, -0.25) is 9.69 Å². The number of benzene rings is 1. The molecule has 1 saturated heterocycles. The summed E-state index contributed by atoms with van der Waals surface area (Å²) < 4.78 is 0. The van der Waals surface area contributed by atoms with Gasteiger partial charge in [-0.05, 0) is 37.0 Å². The van der Waals surface area contributed by atoms with Crippen molar-refractivity contribution in [2.45, 2.75) is 32.2 Å². The van der Waals surface area contributed by atoms with Crippen LogP contribution in [0.4, 0.5) is 0 Å².